The zero-order chi connectivity index (χ0) is 9.30. The van der Waals surface area contributed by atoms with Crippen LogP contribution < -0.4 is 0 Å². The summed E-state index contributed by atoms with van der Waals surface area (Å²) in [6.07, 6.45) is 1.94. The van der Waals surface area contributed by atoms with Gasteiger partial charge in [-0.15, -0.1) is 0 Å². The van der Waals surface area contributed by atoms with Gasteiger partial charge in [-0.2, -0.15) is 0 Å². The van der Waals surface area contributed by atoms with E-state index < -0.39 is 0 Å². The van der Waals surface area contributed by atoms with Crippen LogP contribution in [-0.2, 0) is 4.79 Å². The van der Waals surface area contributed by atoms with Gasteiger partial charge in [0.15, 0.2) is 0 Å². The highest BCUT2D eigenvalue weighted by atomic mass is 16.2. The molecule has 3 nitrogen and oxygen atoms in total. The molecule has 0 radical (unpaired) electrons. The van der Waals surface area contributed by atoms with Gasteiger partial charge in [0, 0.05) is 25.9 Å². The molecule has 68 valence electrons. The molecule has 1 rings (SSSR count). The molecule has 3 heteroatoms. The third kappa shape index (κ3) is 1.60. The van der Waals surface area contributed by atoms with Gasteiger partial charge in [0.25, 0.3) is 5.91 Å². The Kier molecular flexibility index (Phi) is 2.40. The Bertz CT molecular complexity index is 221. The number of carbonyl (C=O) groups is 1. The van der Waals surface area contributed by atoms with Crippen molar-refractivity contribution in [1.29, 1.82) is 0 Å². The molecule has 0 N–H and O–H groups in total. The van der Waals surface area contributed by atoms with Crippen molar-refractivity contribution in [2.45, 2.75) is 13.8 Å². The minimum absolute atomic E-state index is 0.156. The van der Waals surface area contributed by atoms with Crippen LogP contribution in [0.4, 0.5) is 0 Å². The van der Waals surface area contributed by atoms with Gasteiger partial charge in [0.1, 0.15) is 0 Å². The SMILES string of the molecule is CC(C)C1=CN(C)CN(C)C1=O. The second-order valence-corrected chi connectivity index (χ2v) is 3.64. The molecule has 0 aromatic carbocycles. The number of nitrogens with zero attached hydrogens (tertiary/aromatic N) is 2. The third-order valence-corrected chi connectivity index (χ3v) is 2.01. The monoisotopic (exact) mass is 168 g/mol. The highest BCUT2D eigenvalue weighted by molar-refractivity contribution is 5.94. The average Bonchev–Trinajstić information content (AvgIpc) is 1.96. The van der Waals surface area contributed by atoms with Gasteiger partial charge in [0.2, 0.25) is 0 Å². The Balaban J connectivity index is 2.88. The molecular weight excluding hydrogens is 152 g/mol. The predicted molar refractivity (Wildman–Crippen MR) is 48.3 cm³/mol. The summed E-state index contributed by atoms with van der Waals surface area (Å²) in [7, 11) is 3.81. The molecule has 0 aliphatic carbocycles. The quantitative estimate of drug-likeness (QED) is 0.580. The van der Waals surface area contributed by atoms with E-state index in [2.05, 4.69) is 0 Å². The van der Waals surface area contributed by atoms with Crippen molar-refractivity contribution < 1.29 is 4.79 Å². The molecule has 1 amide bonds. The lowest BCUT2D eigenvalue weighted by atomic mass is 10.0. The summed E-state index contributed by atoms with van der Waals surface area (Å²) in [5.41, 5.74) is 0.895. The normalized spacial score (nSPS) is 18.8. The molecule has 0 fully saturated rings. The molecule has 0 unspecified atom stereocenters. The Morgan fingerprint density at radius 2 is 2.00 bits per heavy atom. The molecule has 0 aromatic rings. The molecular formula is C9H16N2O. The number of hydrogen-bond acceptors (Lipinski definition) is 2. The molecule has 0 spiro atoms. The van der Waals surface area contributed by atoms with Crippen molar-refractivity contribution in [3.05, 3.63) is 11.8 Å². The Morgan fingerprint density at radius 3 is 2.50 bits per heavy atom. The maximum atomic E-state index is 11.5. The molecule has 1 heterocycles. The molecule has 1 aliphatic heterocycles. The zero-order valence-electron chi connectivity index (χ0n) is 8.16. The standard InChI is InChI=1S/C9H16N2O/c1-7(2)8-5-10(3)6-11(4)9(8)12/h5,7H,6H2,1-4H3. The maximum absolute atomic E-state index is 11.5. The van der Waals surface area contributed by atoms with E-state index in [1.54, 1.807) is 4.90 Å². The smallest absolute Gasteiger partial charge is 0.252 e. The lowest BCUT2D eigenvalue weighted by Crippen LogP contribution is -2.41. The van der Waals surface area contributed by atoms with Crippen LogP contribution in [0.5, 0.6) is 0 Å². The van der Waals surface area contributed by atoms with E-state index >= 15 is 0 Å². The number of carbonyl (C=O) groups excluding carboxylic acids is 1. The molecule has 0 saturated heterocycles. The highest BCUT2D eigenvalue weighted by Gasteiger charge is 2.22. The third-order valence-electron chi connectivity index (χ3n) is 2.01. The van der Waals surface area contributed by atoms with Crippen molar-refractivity contribution in [3.8, 4) is 0 Å². The lowest BCUT2D eigenvalue weighted by Gasteiger charge is -2.31. The summed E-state index contributed by atoms with van der Waals surface area (Å²) in [6, 6.07) is 0. The molecule has 0 saturated carbocycles. The minimum Gasteiger partial charge on any atom is -0.362 e. The average molecular weight is 168 g/mol. The van der Waals surface area contributed by atoms with Crippen LogP contribution in [0.3, 0.4) is 0 Å². The summed E-state index contributed by atoms with van der Waals surface area (Å²) in [5, 5.41) is 0. The Hall–Kier alpha value is -0.990. The van der Waals surface area contributed by atoms with Crippen molar-refractivity contribution in [2.75, 3.05) is 20.8 Å². The predicted octanol–water partition coefficient (Wildman–Crippen LogP) is 0.888. The Morgan fingerprint density at radius 1 is 1.42 bits per heavy atom. The van der Waals surface area contributed by atoms with Gasteiger partial charge in [-0.05, 0) is 5.92 Å². The fourth-order valence-corrected chi connectivity index (χ4v) is 1.35. The van der Waals surface area contributed by atoms with Crippen LogP contribution in [0.2, 0.25) is 0 Å². The van der Waals surface area contributed by atoms with E-state index in [1.807, 2.05) is 39.0 Å². The fraction of sp³-hybridized carbons (Fsp3) is 0.667. The van der Waals surface area contributed by atoms with Gasteiger partial charge >= 0.3 is 0 Å². The van der Waals surface area contributed by atoms with Gasteiger partial charge in [-0.1, -0.05) is 13.8 Å². The van der Waals surface area contributed by atoms with Gasteiger partial charge in [0.05, 0.1) is 6.67 Å². The number of amides is 1. The number of rotatable bonds is 1. The summed E-state index contributed by atoms with van der Waals surface area (Å²) in [4.78, 5) is 15.3. The summed E-state index contributed by atoms with van der Waals surface area (Å²) < 4.78 is 0. The van der Waals surface area contributed by atoms with E-state index in [4.69, 9.17) is 0 Å². The highest BCUT2D eigenvalue weighted by Crippen LogP contribution is 2.16. The van der Waals surface area contributed by atoms with Crippen molar-refractivity contribution in [2.24, 2.45) is 5.92 Å². The van der Waals surface area contributed by atoms with Crippen LogP contribution in [0.15, 0.2) is 11.8 Å². The van der Waals surface area contributed by atoms with Crippen molar-refractivity contribution in [1.82, 2.24) is 9.80 Å². The molecule has 1 aliphatic rings. The summed E-state index contributed by atoms with van der Waals surface area (Å²) >= 11 is 0. The first-order valence-electron chi connectivity index (χ1n) is 4.19. The van der Waals surface area contributed by atoms with Crippen molar-refractivity contribution >= 4 is 5.91 Å². The first-order chi connectivity index (χ1) is 5.52. The maximum Gasteiger partial charge on any atom is 0.252 e. The van der Waals surface area contributed by atoms with Crippen molar-refractivity contribution in [3.63, 3.8) is 0 Å². The van der Waals surface area contributed by atoms with E-state index in [0.717, 1.165) is 5.57 Å². The molecule has 0 aromatic heterocycles. The number of hydrogen-bond donors (Lipinski definition) is 0. The van der Waals surface area contributed by atoms with Gasteiger partial charge in [-0.3, -0.25) is 4.79 Å². The largest absolute Gasteiger partial charge is 0.362 e. The molecule has 0 bridgehead atoms. The minimum atomic E-state index is 0.156. The zero-order valence-corrected chi connectivity index (χ0v) is 8.16. The first kappa shape index (κ1) is 9.10. The van der Waals surface area contributed by atoms with Gasteiger partial charge < -0.3 is 9.80 Å². The fourth-order valence-electron chi connectivity index (χ4n) is 1.35. The van der Waals surface area contributed by atoms with Gasteiger partial charge in [-0.25, -0.2) is 0 Å². The van der Waals surface area contributed by atoms with E-state index in [9.17, 15) is 4.79 Å². The van der Waals surface area contributed by atoms with Crippen LogP contribution in [0.1, 0.15) is 13.8 Å². The summed E-state index contributed by atoms with van der Waals surface area (Å²) in [5.74, 6) is 0.464. The second-order valence-electron chi connectivity index (χ2n) is 3.64. The van der Waals surface area contributed by atoms with Crippen LogP contribution in [0, 0.1) is 5.92 Å². The molecule has 0 atom stereocenters. The van der Waals surface area contributed by atoms with E-state index in [0.29, 0.717) is 12.6 Å². The lowest BCUT2D eigenvalue weighted by molar-refractivity contribution is -0.129. The van der Waals surface area contributed by atoms with Crippen LogP contribution >= 0.6 is 0 Å². The van der Waals surface area contributed by atoms with E-state index in [1.165, 1.54) is 0 Å². The second kappa shape index (κ2) is 3.17. The van der Waals surface area contributed by atoms with Crippen LogP contribution in [-0.4, -0.2) is 36.5 Å². The first-order valence-corrected chi connectivity index (χ1v) is 4.19. The molecule has 12 heavy (non-hydrogen) atoms. The van der Waals surface area contributed by atoms with Crippen LogP contribution in [0.25, 0.3) is 0 Å². The topological polar surface area (TPSA) is 23.6 Å². The van der Waals surface area contributed by atoms with E-state index in [-0.39, 0.29) is 5.91 Å². The summed E-state index contributed by atoms with van der Waals surface area (Å²) in [6.45, 7) is 4.77. The Labute approximate surface area is 73.6 Å². The number of likely N-dealkylation sites (N-methyl/N-ethyl adjacent to an activating group) is 1.